The highest BCUT2D eigenvalue weighted by Gasteiger charge is 2.32. The normalized spacial score (nSPS) is 13.7. The molecule has 0 fully saturated rings. The Morgan fingerprint density at radius 1 is 0.905 bits per heavy atom. The van der Waals surface area contributed by atoms with E-state index in [2.05, 4.69) is 5.32 Å². The summed E-state index contributed by atoms with van der Waals surface area (Å²) in [7, 11) is 0. The van der Waals surface area contributed by atoms with E-state index in [1.165, 1.54) is 6.92 Å². The van der Waals surface area contributed by atoms with Gasteiger partial charge in [-0.1, -0.05) is 60.7 Å². The number of carbonyl (C=O) groups excluding carboxylic acids is 1. The van der Waals surface area contributed by atoms with Crippen molar-refractivity contribution < 1.29 is 13.6 Å². The van der Waals surface area contributed by atoms with Gasteiger partial charge in [-0.3, -0.25) is 4.79 Å². The molecule has 0 aromatic heterocycles. The van der Waals surface area contributed by atoms with Crippen LogP contribution >= 0.6 is 0 Å². The Hall–Kier alpha value is -2.23. The molecule has 0 aliphatic rings. The Morgan fingerprint density at radius 2 is 1.38 bits per heavy atom. The molecule has 2 aromatic carbocycles. The second-order valence-corrected chi connectivity index (χ2v) is 4.86. The fourth-order valence-electron chi connectivity index (χ4n) is 2.42. The van der Waals surface area contributed by atoms with Crippen LogP contribution in [0.4, 0.5) is 8.78 Å². The largest absolute Gasteiger partial charge is 0.349 e. The molecule has 0 spiro atoms. The highest BCUT2D eigenvalue weighted by molar-refractivity contribution is 5.73. The molecule has 2 rings (SSSR count). The molecule has 0 saturated carbocycles. The zero-order valence-corrected chi connectivity index (χ0v) is 11.7. The van der Waals surface area contributed by atoms with Gasteiger partial charge in [-0.05, 0) is 11.1 Å². The molecule has 0 radical (unpaired) electrons. The maximum absolute atomic E-state index is 13.6. The van der Waals surface area contributed by atoms with Crippen molar-refractivity contribution in [2.24, 2.45) is 0 Å². The number of rotatable bonds is 5. The van der Waals surface area contributed by atoms with Crippen LogP contribution in [0.3, 0.4) is 0 Å². The summed E-state index contributed by atoms with van der Waals surface area (Å²) in [5.41, 5.74) is 1.18. The lowest BCUT2D eigenvalue weighted by molar-refractivity contribution is -0.120. The summed E-state index contributed by atoms with van der Waals surface area (Å²) < 4.78 is 27.2. The van der Waals surface area contributed by atoms with Crippen LogP contribution in [0, 0.1) is 0 Å². The highest BCUT2D eigenvalue weighted by Crippen LogP contribution is 2.35. The zero-order chi connectivity index (χ0) is 15.2. The molecule has 21 heavy (non-hydrogen) atoms. The van der Waals surface area contributed by atoms with Gasteiger partial charge in [-0.2, -0.15) is 0 Å². The molecule has 0 saturated heterocycles. The van der Waals surface area contributed by atoms with Crippen LogP contribution in [0.5, 0.6) is 0 Å². The maximum atomic E-state index is 13.6. The van der Waals surface area contributed by atoms with Crippen LogP contribution in [0.1, 0.15) is 30.0 Å². The Balaban J connectivity index is 2.43. The monoisotopic (exact) mass is 289 g/mol. The molecule has 1 amide bonds. The van der Waals surface area contributed by atoms with Crippen molar-refractivity contribution in [3.63, 3.8) is 0 Å². The molecule has 1 N–H and O–H groups in total. The highest BCUT2D eigenvalue weighted by atomic mass is 19.3. The number of alkyl halides is 2. The fraction of sp³-hybridized carbons (Fsp3) is 0.235. The zero-order valence-electron chi connectivity index (χ0n) is 11.7. The average molecular weight is 289 g/mol. The molecule has 2 nitrogen and oxygen atoms in total. The first-order valence-electron chi connectivity index (χ1n) is 6.74. The summed E-state index contributed by atoms with van der Waals surface area (Å²) >= 11 is 0. The van der Waals surface area contributed by atoms with Crippen LogP contribution in [-0.4, -0.2) is 12.3 Å². The molecule has 0 heterocycles. The predicted molar refractivity (Wildman–Crippen MR) is 78.2 cm³/mol. The number of hydrogen-bond donors (Lipinski definition) is 1. The molecule has 2 atom stereocenters. The molecule has 0 aliphatic heterocycles. The van der Waals surface area contributed by atoms with Crippen LogP contribution in [0.2, 0.25) is 0 Å². The van der Waals surface area contributed by atoms with Crippen LogP contribution in [0.25, 0.3) is 0 Å². The Morgan fingerprint density at radius 3 is 1.81 bits per heavy atom. The first kappa shape index (κ1) is 15.2. The number of nitrogens with one attached hydrogen (secondary N) is 1. The Kier molecular flexibility index (Phi) is 5.04. The molecular formula is C17H17F2NO. The quantitative estimate of drug-likeness (QED) is 0.888. The summed E-state index contributed by atoms with van der Waals surface area (Å²) in [5.74, 6) is -1.41. The maximum Gasteiger partial charge on any atom is 0.247 e. The van der Waals surface area contributed by atoms with Gasteiger partial charge in [0.15, 0.2) is 0 Å². The standard InChI is InChI=1S/C17H17F2NO/c1-12(21)20-16(14-10-6-3-7-11-14)15(17(18)19)13-8-4-2-5-9-13/h2-11,15-17H,1H3,(H,20,21). The van der Waals surface area contributed by atoms with Gasteiger partial charge in [0.05, 0.1) is 12.0 Å². The summed E-state index contributed by atoms with van der Waals surface area (Å²) in [4.78, 5) is 11.4. The second kappa shape index (κ2) is 6.97. The first-order valence-corrected chi connectivity index (χ1v) is 6.74. The van der Waals surface area contributed by atoms with Gasteiger partial charge in [-0.25, -0.2) is 8.78 Å². The van der Waals surface area contributed by atoms with E-state index >= 15 is 0 Å². The van der Waals surface area contributed by atoms with Gasteiger partial charge in [0, 0.05) is 6.92 Å². The minimum Gasteiger partial charge on any atom is -0.349 e. The summed E-state index contributed by atoms with van der Waals surface area (Å²) in [5, 5.41) is 2.66. The SMILES string of the molecule is CC(=O)NC(c1ccccc1)C(c1ccccc1)C(F)F. The second-order valence-electron chi connectivity index (χ2n) is 4.86. The molecule has 0 bridgehead atoms. The van der Waals surface area contributed by atoms with Crippen molar-refractivity contribution in [1.29, 1.82) is 0 Å². The van der Waals surface area contributed by atoms with E-state index in [-0.39, 0.29) is 5.91 Å². The Labute approximate surface area is 122 Å². The lowest BCUT2D eigenvalue weighted by Gasteiger charge is -2.28. The average Bonchev–Trinajstić information content (AvgIpc) is 2.48. The van der Waals surface area contributed by atoms with Gasteiger partial charge in [0.25, 0.3) is 0 Å². The lowest BCUT2D eigenvalue weighted by Crippen LogP contribution is -2.33. The number of amides is 1. The molecule has 2 aromatic rings. The number of carbonyl (C=O) groups is 1. The van der Waals surface area contributed by atoms with Crippen molar-refractivity contribution in [3.05, 3.63) is 71.8 Å². The van der Waals surface area contributed by atoms with Crippen molar-refractivity contribution in [3.8, 4) is 0 Å². The smallest absolute Gasteiger partial charge is 0.247 e. The summed E-state index contributed by atoms with van der Waals surface area (Å²) in [6.45, 7) is 1.34. The molecular weight excluding hydrogens is 272 g/mol. The van der Waals surface area contributed by atoms with E-state index < -0.39 is 18.4 Å². The van der Waals surface area contributed by atoms with E-state index in [9.17, 15) is 13.6 Å². The van der Waals surface area contributed by atoms with Crippen LogP contribution in [0.15, 0.2) is 60.7 Å². The van der Waals surface area contributed by atoms with E-state index in [1.807, 2.05) is 6.07 Å². The van der Waals surface area contributed by atoms with Gasteiger partial charge in [0.1, 0.15) is 0 Å². The molecule has 2 unspecified atom stereocenters. The van der Waals surface area contributed by atoms with Crippen LogP contribution < -0.4 is 5.32 Å². The molecule has 110 valence electrons. The van der Waals surface area contributed by atoms with Gasteiger partial charge < -0.3 is 5.32 Å². The Bertz CT molecular complexity index is 572. The van der Waals surface area contributed by atoms with E-state index in [1.54, 1.807) is 54.6 Å². The first-order chi connectivity index (χ1) is 10.1. The van der Waals surface area contributed by atoms with Gasteiger partial charge in [-0.15, -0.1) is 0 Å². The van der Waals surface area contributed by atoms with E-state index in [0.717, 1.165) is 0 Å². The van der Waals surface area contributed by atoms with Crippen molar-refractivity contribution in [2.75, 3.05) is 0 Å². The van der Waals surface area contributed by atoms with Crippen molar-refractivity contribution in [1.82, 2.24) is 5.32 Å². The third kappa shape index (κ3) is 3.88. The summed E-state index contributed by atoms with van der Waals surface area (Å²) in [6, 6.07) is 16.7. The number of hydrogen-bond acceptors (Lipinski definition) is 1. The molecule has 0 aliphatic carbocycles. The lowest BCUT2D eigenvalue weighted by atomic mass is 9.87. The topological polar surface area (TPSA) is 29.1 Å². The third-order valence-corrected chi connectivity index (χ3v) is 3.33. The van der Waals surface area contributed by atoms with Gasteiger partial charge >= 0.3 is 0 Å². The van der Waals surface area contributed by atoms with E-state index in [0.29, 0.717) is 11.1 Å². The number of benzene rings is 2. The number of halogens is 2. The fourth-order valence-corrected chi connectivity index (χ4v) is 2.42. The molecule has 4 heteroatoms. The minimum absolute atomic E-state index is 0.328. The van der Waals surface area contributed by atoms with Crippen molar-refractivity contribution in [2.45, 2.75) is 25.3 Å². The predicted octanol–water partition coefficient (Wildman–Crippen LogP) is 3.91. The van der Waals surface area contributed by atoms with Gasteiger partial charge in [0.2, 0.25) is 12.3 Å². The van der Waals surface area contributed by atoms with E-state index in [4.69, 9.17) is 0 Å². The summed E-state index contributed by atoms with van der Waals surface area (Å²) in [6.07, 6.45) is -2.58. The van der Waals surface area contributed by atoms with Crippen LogP contribution in [-0.2, 0) is 4.79 Å². The third-order valence-electron chi connectivity index (χ3n) is 3.33. The van der Waals surface area contributed by atoms with Crippen molar-refractivity contribution >= 4 is 5.91 Å². The minimum atomic E-state index is -2.58.